The molecule has 13 heteroatoms. The Kier molecular flexibility index (Phi) is 33.8. The predicted molar refractivity (Wildman–Crippen MR) is 230 cm³/mol. The Balaban J connectivity index is 2.32. The molecule has 340 valence electrons. The number of aliphatic hydroxyl groups excluding tert-OH is 2. The number of ether oxygens (including phenoxy) is 2. The first-order valence-corrected chi connectivity index (χ1v) is 24.8. The number of aliphatic hydroxyl groups is 2. The summed E-state index contributed by atoms with van der Waals surface area (Å²) in [6, 6.07) is 0. The van der Waals surface area contributed by atoms with E-state index in [4.69, 9.17) is 24.3 Å². The van der Waals surface area contributed by atoms with E-state index >= 15 is 0 Å². The van der Waals surface area contributed by atoms with Gasteiger partial charge in [-0.3, -0.25) is 23.4 Å². The van der Waals surface area contributed by atoms with Crippen molar-refractivity contribution in [1.29, 1.82) is 0 Å². The van der Waals surface area contributed by atoms with Crippen molar-refractivity contribution in [3.8, 4) is 0 Å². The Morgan fingerprint density at radius 3 is 1.79 bits per heavy atom. The third-order valence-corrected chi connectivity index (χ3v) is 12.0. The standard InChI is InChI=1S/C45H84NO11P/c1-3-5-7-8-9-10-11-12-13-14-15-16-17-18-19-20-26-30-45(51)57-39(37-56-58(52,53)55-34-33-46)36-54-44(50)29-25-22-21-24-28-40-41(43(49)35-42(40)48)32-31-38(47)27-23-6-4-2/h31-32,38-42,47-48H,3-30,33-37,46H2,1-2H3,(H,52,53)/b32-31+/t38-,39+,40+,41+,42-/m0/s1. The fourth-order valence-electron chi connectivity index (χ4n) is 7.54. The Bertz CT molecular complexity index is 1120. The number of esters is 2. The maximum Gasteiger partial charge on any atom is 0.472 e. The highest BCUT2D eigenvalue weighted by atomic mass is 31.2. The number of hydrogen-bond donors (Lipinski definition) is 4. The van der Waals surface area contributed by atoms with Gasteiger partial charge >= 0.3 is 19.8 Å². The molecule has 0 amide bonds. The van der Waals surface area contributed by atoms with Crippen LogP contribution in [0.2, 0.25) is 0 Å². The monoisotopic (exact) mass is 846 g/mol. The van der Waals surface area contributed by atoms with E-state index in [1.54, 1.807) is 12.2 Å². The smallest absolute Gasteiger partial charge is 0.462 e. The lowest BCUT2D eigenvalue weighted by molar-refractivity contribution is -0.161. The van der Waals surface area contributed by atoms with Crippen LogP contribution in [0, 0.1) is 11.8 Å². The zero-order valence-electron chi connectivity index (χ0n) is 36.5. The van der Waals surface area contributed by atoms with E-state index in [2.05, 4.69) is 13.8 Å². The van der Waals surface area contributed by atoms with Crippen molar-refractivity contribution in [1.82, 2.24) is 0 Å². The van der Waals surface area contributed by atoms with Gasteiger partial charge in [0.05, 0.1) is 25.4 Å². The van der Waals surface area contributed by atoms with E-state index in [9.17, 15) is 34.1 Å². The lowest BCUT2D eigenvalue weighted by Crippen LogP contribution is -2.29. The molecule has 1 rings (SSSR count). The van der Waals surface area contributed by atoms with Gasteiger partial charge in [0.2, 0.25) is 0 Å². The van der Waals surface area contributed by atoms with Gasteiger partial charge in [0.25, 0.3) is 0 Å². The second-order valence-corrected chi connectivity index (χ2v) is 17.9. The van der Waals surface area contributed by atoms with E-state index in [1.165, 1.54) is 83.5 Å². The third-order valence-electron chi connectivity index (χ3n) is 11.1. The molecule has 0 radical (unpaired) electrons. The van der Waals surface area contributed by atoms with Crippen molar-refractivity contribution in [2.45, 2.75) is 218 Å². The van der Waals surface area contributed by atoms with Gasteiger partial charge in [-0.05, 0) is 31.6 Å². The van der Waals surface area contributed by atoms with E-state index in [-0.39, 0.29) is 56.6 Å². The number of carbonyl (C=O) groups excluding carboxylic acids is 3. The van der Waals surface area contributed by atoms with Crippen LogP contribution >= 0.6 is 7.82 Å². The van der Waals surface area contributed by atoms with Gasteiger partial charge in [-0.1, -0.05) is 167 Å². The minimum atomic E-state index is -4.43. The van der Waals surface area contributed by atoms with Crippen molar-refractivity contribution < 1.29 is 52.6 Å². The first-order chi connectivity index (χ1) is 28.0. The molecule has 12 nitrogen and oxygen atoms in total. The Morgan fingerprint density at radius 2 is 1.24 bits per heavy atom. The minimum Gasteiger partial charge on any atom is -0.462 e. The molecule has 5 N–H and O–H groups in total. The van der Waals surface area contributed by atoms with E-state index < -0.39 is 44.7 Å². The van der Waals surface area contributed by atoms with Crippen LogP contribution in [0.5, 0.6) is 0 Å². The molecule has 6 atom stereocenters. The van der Waals surface area contributed by atoms with Crippen LogP contribution in [0.1, 0.15) is 200 Å². The van der Waals surface area contributed by atoms with Crippen LogP contribution in [0.3, 0.4) is 0 Å². The topological polar surface area (TPSA) is 192 Å². The largest absolute Gasteiger partial charge is 0.472 e. The van der Waals surface area contributed by atoms with E-state index in [1.807, 2.05) is 0 Å². The van der Waals surface area contributed by atoms with E-state index in [0.29, 0.717) is 25.7 Å². The molecule has 0 heterocycles. The van der Waals surface area contributed by atoms with Crippen LogP contribution in [-0.4, -0.2) is 77.5 Å². The highest BCUT2D eigenvalue weighted by Gasteiger charge is 2.39. The predicted octanol–water partition coefficient (Wildman–Crippen LogP) is 9.98. The van der Waals surface area contributed by atoms with Crippen LogP contribution in [0.15, 0.2) is 12.2 Å². The molecular weight excluding hydrogens is 761 g/mol. The molecule has 1 unspecified atom stereocenters. The quantitative estimate of drug-likeness (QED) is 0.0198. The molecule has 0 aromatic carbocycles. The number of phosphoric acid groups is 1. The molecule has 0 aromatic rings. The van der Waals surface area contributed by atoms with E-state index in [0.717, 1.165) is 57.8 Å². The molecule has 0 aliphatic heterocycles. The van der Waals surface area contributed by atoms with Crippen molar-refractivity contribution >= 4 is 25.5 Å². The number of hydrogen-bond acceptors (Lipinski definition) is 11. The summed E-state index contributed by atoms with van der Waals surface area (Å²) in [6.07, 6.45) is 30.0. The first-order valence-electron chi connectivity index (χ1n) is 23.3. The van der Waals surface area contributed by atoms with Crippen LogP contribution in [0.4, 0.5) is 0 Å². The molecular formula is C45H84NO11P. The normalized spacial score (nSPS) is 19.1. The summed E-state index contributed by atoms with van der Waals surface area (Å²) in [7, 11) is -4.43. The van der Waals surface area contributed by atoms with Crippen molar-refractivity contribution in [2.24, 2.45) is 17.6 Å². The molecule has 0 saturated heterocycles. The molecule has 0 spiro atoms. The molecule has 1 aliphatic carbocycles. The van der Waals surface area contributed by atoms with Gasteiger partial charge in [0, 0.05) is 31.7 Å². The summed E-state index contributed by atoms with van der Waals surface area (Å²) in [5.41, 5.74) is 5.35. The minimum absolute atomic E-state index is 0.00642. The van der Waals surface area contributed by atoms with Crippen LogP contribution in [-0.2, 0) is 37.5 Å². The van der Waals surface area contributed by atoms with Gasteiger partial charge in [-0.15, -0.1) is 0 Å². The summed E-state index contributed by atoms with van der Waals surface area (Å²) in [5, 5.41) is 20.7. The summed E-state index contributed by atoms with van der Waals surface area (Å²) in [6.45, 7) is 3.39. The molecule has 0 bridgehead atoms. The summed E-state index contributed by atoms with van der Waals surface area (Å²) < 4.78 is 32.8. The molecule has 1 fully saturated rings. The van der Waals surface area contributed by atoms with Crippen molar-refractivity contribution in [3.05, 3.63) is 12.2 Å². The van der Waals surface area contributed by atoms with Crippen molar-refractivity contribution in [3.63, 3.8) is 0 Å². The molecule has 58 heavy (non-hydrogen) atoms. The lowest BCUT2D eigenvalue weighted by atomic mass is 9.88. The third kappa shape index (κ3) is 29.5. The van der Waals surface area contributed by atoms with Crippen molar-refractivity contribution in [2.75, 3.05) is 26.4 Å². The van der Waals surface area contributed by atoms with Gasteiger partial charge in [-0.25, -0.2) is 4.57 Å². The highest BCUT2D eigenvalue weighted by Crippen LogP contribution is 2.43. The zero-order valence-corrected chi connectivity index (χ0v) is 37.4. The maximum absolute atomic E-state index is 12.6. The number of Topliss-reactive ketones (excluding diaryl/α,β-unsaturated/α-hetero) is 1. The van der Waals surface area contributed by atoms with Gasteiger partial charge in [-0.2, -0.15) is 0 Å². The molecule has 1 aliphatic rings. The summed E-state index contributed by atoms with van der Waals surface area (Å²) in [4.78, 5) is 47.6. The fraction of sp³-hybridized carbons (Fsp3) is 0.889. The Hall–Kier alpha value is -1.66. The summed E-state index contributed by atoms with van der Waals surface area (Å²) in [5.74, 6) is -1.53. The number of nitrogens with two attached hydrogens (primary N) is 1. The number of rotatable bonds is 40. The number of carbonyl (C=O) groups is 3. The maximum atomic E-state index is 12.6. The van der Waals surface area contributed by atoms with Gasteiger partial charge in [0.15, 0.2) is 6.10 Å². The number of allylic oxidation sites excluding steroid dienone is 1. The van der Waals surface area contributed by atoms with Gasteiger partial charge in [0.1, 0.15) is 12.4 Å². The second kappa shape index (κ2) is 36.0. The second-order valence-electron chi connectivity index (χ2n) is 16.4. The number of ketones is 1. The van der Waals surface area contributed by atoms with Gasteiger partial charge < -0.3 is 30.3 Å². The van der Waals surface area contributed by atoms with Crippen LogP contribution < -0.4 is 5.73 Å². The zero-order chi connectivity index (χ0) is 42.7. The SMILES string of the molecule is CCCCCCCCCCCCCCCCCCCC(=O)O[C@H](COC(=O)CCCCCC[C@H]1[C@@H](O)CC(=O)[C@@H]1/C=C/[C@@H](O)CCCCC)COP(=O)(O)OCCN. The Labute approximate surface area is 351 Å². The summed E-state index contributed by atoms with van der Waals surface area (Å²) >= 11 is 0. The Morgan fingerprint density at radius 1 is 0.741 bits per heavy atom. The lowest BCUT2D eigenvalue weighted by Gasteiger charge is -2.20. The fourth-order valence-corrected chi connectivity index (χ4v) is 8.31. The highest BCUT2D eigenvalue weighted by molar-refractivity contribution is 7.47. The van der Waals surface area contributed by atoms with Crippen LogP contribution in [0.25, 0.3) is 0 Å². The molecule has 0 aromatic heterocycles. The number of unbranched alkanes of at least 4 members (excludes halogenated alkanes) is 21. The number of phosphoric ester groups is 1. The average Bonchev–Trinajstić information content (AvgIpc) is 3.47. The molecule has 1 saturated carbocycles. The first kappa shape index (κ1) is 54.4. The average molecular weight is 846 g/mol.